The molecule has 0 spiro atoms. The smallest absolute Gasteiger partial charge is 0.0976 e. The van der Waals surface area contributed by atoms with Gasteiger partial charge in [0.05, 0.1) is 10.7 Å². The van der Waals surface area contributed by atoms with Gasteiger partial charge in [0.25, 0.3) is 0 Å². The topological polar surface area (TPSA) is 16.1 Å². The summed E-state index contributed by atoms with van der Waals surface area (Å²) in [6.07, 6.45) is 5.37. The first kappa shape index (κ1) is 13.4. The molecule has 0 amide bonds. The molecule has 0 saturated carbocycles. The Morgan fingerprint density at radius 3 is 2.69 bits per heavy atom. The van der Waals surface area contributed by atoms with Crippen LogP contribution in [0, 0.1) is 6.92 Å². The van der Waals surface area contributed by atoms with Crippen molar-refractivity contribution >= 4 is 17.4 Å². The summed E-state index contributed by atoms with van der Waals surface area (Å²) in [6.45, 7) is 7.60. The van der Waals surface area contributed by atoms with E-state index in [1.54, 1.807) is 0 Å². The summed E-state index contributed by atoms with van der Waals surface area (Å²) in [5.41, 5.74) is 1.15. The zero-order valence-corrected chi connectivity index (χ0v) is 11.8. The molecule has 1 rings (SSSR count). The monoisotopic (exact) mass is 238 g/mol. The summed E-state index contributed by atoms with van der Waals surface area (Å²) >= 11 is 1.83. The Labute approximate surface area is 103 Å². The molecule has 0 bridgehead atoms. The fourth-order valence-electron chi connectivity index (χ4n) is 1.65. The van der Waals surface area contributed by atoms with Crippen molar-refractivity contribution in [1.29, 1.82) is 0 Å². The third kappa shape index (κ3) is 3.72. The molecule has 1 heterocycles. The van der Waals surface area contributed by atoms with Gasteiger partial charge in [0.15, 0.2) is 0 Å². The Morgan fingerprint density at radius 1 is 1.44 bits per heavy atom. The number of hydrogen-bond donors (Lipinski definition) is 0. The largest absolute Gasteiger partial charge is 0.309 e. The summed E-state index contributed by atoms with van der Waals surface area (Å²) in [4.78, 5) is 8.24. The predicted octanol–water partition coefficient (Wildman–Crippen LogP) is 3.54. The minimum absolute atomic E-state index is 0.516. The summed E-state index contributed by atoms with van der Waals surface area (Å²) in [5, 5.41) is 1.25. The van der Waals surface area contributed by atoms with Crippen LogP contribution in [-0.2, 0) is 0 Å². The number of aromatic nitrogens is 1. The van der Waals surface area contributed by atoms with Gasteiger partial charge in [-0.15, -0.1) is 11.3 Å². The normalized spacial score (nSPS) is 13.9. The van der Waals surface area contributed by atoms with Crippen molar-refractivity contribution < 1.29 is 0 Å². The molecule has 0 fully saturated rings. The maximum atomic E-state index is 4.71. The van der Waals surface area contributed by atoms with Crippen LogP contribution in [0.2, 0.25) is 0 Å². The van der Waals surface area contributed by atoms with Crippen molar-refractivity contribution in [2.24, 2.45) is 0 Å². The standard InChI is InChI=1S/C13H22N2S/c1-6-7-8-12-11(3)16-13(14-12)10(2)9-15(4)5/h7-8,10H,6,9H2,1-5H3/b8-7-/t10-/m0/s1. The van der Waals surface area contributed by atoms with E-state index in [1.165, 1.54) is 9.88 Å². The summed E-state index contributed by atoms with van der Waals surface area (Å²) in [7, 11) is 4.21. The molecule has 0 radical (unpaired) electrons. The molecule has 0 aromatic carbocycles. The molecule has 1 atom stereocenters. The van der Waals surface area contributed by atoms with Gasteiger partial charge < -0.3 is 4.90 Å². The molecule has 0 aliphatic rings. The molecule has 0 aliphatic heterocycles. The van der Waals surface area contributed by atoms with Crippen molar-refractivity contribution in [2.45, 2.75) is 33.1 Å². The Bertz CT molecular complexity index is 353. The third-order valence-corrected chi connectivity index (χ3v) is 3.64. The summed E-state index contributed by atoms with van der Waals surface area (Å²) in [6, 6.07) is 0. The molecule has 0 unspecified atom stereocenters. The van der Waals surface area contributed by atoms with Crippen LogP contribution in [0.1, 0.15) is 41.8 Å². The number of likely N-dealkylation sites (N-methyl/N-ethyl adjacent to an activating group) is 1. The molecule has 1 aromatic heterocycles. The van der Waals surface area contributed by atoms with Gasteiger partial charge in [0, 0.05) is 17.3 Å². The van der Waals surface area contributed by atoms with Crippen LogP contribution in [0.25, 0.3) is 6.08 Å². The second-order valence-electron chi connectivity index (χ2n) is 4.47. The summed E-state index contributed by atoms with van der Waals surface area (Å²) in [5.74, 6) is 0.516. The molecule has 90 valence electrons. The highest BCUT2D eigenvalue weighted by Gasteiger charge is 2.12. The van der Waals surface area contributed by atoms with Gasteiger partial charge in [-0.05, 0) is 33.5 Å². The Kier molecular flexibility index (Phi) is 5.16. The Morgan fingerprint density at radius 2 is 2.12 bits per heavy atom. The molecule has 1 aromatic rings. The maximum absolute atomic E-state index is 4.71. The van der Waals surface area contributed by atoms with Crippen LogP contribution in [0.15, 0.2) is 6.08 Å². The van der Waals surface area contributed by atoms with E-state index < -0.39 is 0 Å². The van der Waals surface area contributed by atoms with E-state index in [0.717, 1.165) is 18.7 Å². The molecule has 0 N–H and O–H groups in total. The van der Waals surface area contributed by atoms with Crippen molar-refractivity contribution in [3.05, 3.63) is 21.7 Å². The van der Waals surface area contributed by atoms with Gasteiger partial charge in [-0.2, -0.15) is 0 Å². The maximum Gasteiger partial charge on any atom is 0.0976 e. The highest BCUT2D eigenvalue weighted by molar-refractivity contribution is 7.11. The van der Waals surface area contributed by atoms with Crippen molar-refractivity contribution in [1.82, 2.24) is 9.88 Å². The second-order valence-corrected chi connectivity index (χ2v) is 5.70. The number of hydrogen-bond acceptors (Lipinski definition) is 3. The number of rotatable bonds is 5. The van der Waals surface area contributed by atoms with Crippen LogP contribution < -0.4 is 0 Å². The van der Waals surface area contributed by atoms with Crippen molar-refractivity contribution in [3.8, 4) is 0 Å². The van der Waals surface area contributed by atoms with Crippen LogP contribution in [0.5, 0.6) is 0 Å². The lowest BCUT2D eigenvalue weighted by molar-refractivity contribution is 0.382. The van der Waals surface area contributed by atoms with Crippen LogP contribution in [0.3, 0.4) is 0 Å². The van der Waals surface area contributed by atoms with Crippen LogP contribution in [0.4, 0.5) is 0 Å². The molecule has 0 aliphatic carbocycles. The first-order valence-electron chi connectivity index (χ1n) is 5.83. The lowest BCUT2D eigenvalue weighted by Gasteiger charge is -2.14. The molecular formula is C13H22N2S. The third-order valence-electron chi connectivity index (χ3n) is 2.42. The van der Waals surface area contributed by atoms with E-state index in [4.69, 9.17) is 4.98 Å². The summed E-state index contributed by atoms with van der Waals surface area (Å²) < 4.78 is 0. The van der Waals surface area contributed by atoms with E-state index in [2.05, 4.69) is 51.9 Å². The first-order chi connectivity index (χ1) is 7.54. The number of aryl methyl sites for hydroxylation is 1. The van der Waals surface area contributed by atoms with E-state index in [9.17, 15) is 0 Å². The van der Waals surface area contributed by atoms with Crippen molar-refractivity contribution in [3.63, 3.8) is 0 Å². The number of allylic oxidation sites excluding steroid dienone is 1. The second kappa shape index (κ2) is 6.16. The minimum Gasteiger partial charge on any atom is -0.309 e. The average Bonchev–Trinajstić information content (AvgIpc) is 2.56. The molecule has 3 heteroatoms. The van der Waals surface area contributed by atoms with Gasteiger partial charge >= 0.3 is 0 Å². The molecule has 0 saturated heterocycles. The van der Waals surface area contributed by atoms with E-state index in [1.807, 2.05) is 11.3 Å². The average molecular weight is 238 g/mol. The number of nitrogens with zero attached hydrogens (tertiary/aromatic N) is 2. The van der Waals surface area contributed by atoms with Crippen LogP contribution in [-0.4, -0.2) is 30.5 Å². The van der Waals surface area contributed by atoms with Gasteiger partial charge in [0.2, 0.25) is 0 Å². The predicted molar refractivity (Wildman–Crippen MR) is 73.1 cm³/mol. The highest BCUT2D eigenvalue weighted by atomic mass is 32.1. The van der Waals surface area contributed by atoms with Gasteiger partial charge in [-0.1, -0.05) is 19.9 Å². The quantitative estimate of drug-likeness (QED) is 0.780. The Hall–Kier alpha value is -0.670. The van der Waals surface area contributed by atoms with Crippen LogP contribution >= 0.6 is 11.3 Å². The fourth-order valence-corrected chi connectivity index (χ4v) is 2.60. The van der Waals surface area contributed by atoms with Crippen molar-refractivity contribution in [2.75, 3.05) is 20.6 Å². The lowest BCUT2D eigenvalue weighted by atomic mass is 10.2. The lowest BCUT2D eigenvalue weighted by Crippen LogP contribution is -2.18. The zero-order valence-electron chi connectivity index (χ0n) is 10.9. The van der Waals surface area contributed by atoms with Gasteiger partial charge in [-0.3, -0.25) is 0 Å². The molecular weight excluding hydrogens is 216 g/mol. The van der Waals surface area contributed by atoms with E-state index in [0.29, 0.717) is 5.92 Å². The Balaban J connectivity index is 2.79. The zero-order chi connectivity index (χ0) is 12.1. The fraction of sp³-hybridized carbons (Fsp3) is 0.615. The SMILES string of the molecule is CC/C=C\c1nc([C@@H](C)CN(C)C)sc1C. The van der Waals surface area contributed by atoms with Gasteiger partial charge in [-0.25, -0.2) is 4.98 Å². The highest BCUT2D eigenvalue weighted by Crippen LogP contribution is 2.25. The van der Waals surface area contributed by atoms with E-state index in [-0.39, 0.29) is 0 Å². The molecule has 2 nitrogen and oxygen atoms in total. The minimum atomic E-state index is 0.516. The first-order valence-corrected chi connectivity index (χ1v) is 6.64. The van der Waals surface area contributed by atoms with E-state index >= 15 is 0 Å². The van der Waals surface area contributed by atoms with Gasteiger partial charge in [0.1, 0.15) is 0 Å². The number of thiazole rings is 1. The molecule has 16 heavy (non-hydrogen) atoms.